The SMILES string of the molecule is CCOC(=O)c1cnn(-c2cc(C)c3cccc(C)c3n2)c1NC(=O)CCC(=O)c1ccc(C)c(C)c1. The Balaban J connectivity index is 1.63. The molecule has 0 bridgehead atoms. The molecule has 4 rings (SSSR count). The van der Waals surface area contributed by atoms with Crippen LogP contribution in [0.25, 0.3) is 16.7 Å². The number of rotatable bonds is 8. The zero-order chi connectivity index (χ0) is 26.7. The minimum Gasteiger partial charge on any atom is -0.462 e. The van der Waals surface area contributed by atoms with Crippen LogP contribution in [0.15, 0.2) is 48.7 Å². The number of ether oxygens (including phenoxy) is 1. The van der Waals surface area contributed by atoms with Gasteiger partial charge in [-0.25, -0.2) is 9.78 Å². The van der Waals surface area contributed by atoms with Crippen LogP contribution in [0.1, 0.15) is 62.7 Å². The second-order valence-electron chi connectivity index (χ2n) is 9.08. The first-order valence-electron chi connectivity index (χ1n) is 12.2. The smallest absolute Gasteiger partial charge is 0.343 e. The molecule has 8 heteroatoms. The molecule has 0 atom stereocenters. The first-order valence-corrected chi connectivity index (χ1v) is 12.2. The van der Waals surface area contributed by atoms with Crippen molar-refractivity contribution >= 4 is 34.4 Å². The van der Waals surface area contributed by atoms with Crippen molar-refractivity contribution in [3.63, 3.8) is 0 Å². The van der Waals surface area contributed by atoms with E-state index in [0.29, 0.717) is 11.4 Å². The highest BCUT2D eigenvalue weighted by molar-refractivity contribution is 6.03. The van der Waals surface area contributed by atoms with Crippen LogP contribution in [0, 0.1) is 27.7 Å². The van der Waals surface area contributed by atoms with Gasteiger partial charge in [0.25, 0.3) is 0 Å². The number of fused-ring (bicyclic) bond motifs is 1. The summed E-state index contributed by atoms with van der Waals surface area (Å²) in [6.45, 7) is 9.75. The molecule has 0 aliphatic carbocycles. The normalized spacial score (nSPS) is 10.9. The van der Waals surface area contributed by atoms with E-state index in [1.165, 1.54) is 10.9 Å². The lowest BCUT2D eigenvalue weighted by Gasteiger charge is -2.13. The fourth-order valence-corrected chi connectivity index (χ4v) is 4.13. The molecule has 0 radical (unpaired) electrons. The lowest BCUT2D eigenvalue weighted by atomic mass is 10.0. The van der Waals surface area contributed by atoms with Crippen molar-refractivity contribution < 1.29 is 19.1 Å². The Morgan fingerprint density at radius 2 is 1.70 bits per heavy atom. The van der Waals surface area contributed by atoms with Crippen molar-refractivity contribution in [2.24, 2.45) is 0 Å². The summed E-state index contributed by atoms with van der Waals surface area (Å²) in [5, 5.41) is 8.14. The summed E-state index contributed by atoms with van der Waals surface area (Å²) in [5.74, 6) is -0.542. The van der Waals surface area contributed by atoms with Gasteiger partial charge in [-0.15, -0.1) is 0 Å². The number of pyridine rings is 1. The summed E-state index contributed by atoms with van der Waals surface area (Å²) in [5.41, 5.74) is 5.58. The van der Waals surface area contributed by atoms with Crippen LogP contribution in [0.5, 0.6) is 0 Å². The van der Waals surface area contributed by atoms with Gasteiger partial charge in [-0.1, -0.05) is 30.3 Å². The van der Waals surface area contributed by atoms with E-state index >= 15 is 0 Å². The molecule has 0 saturated carbocycles. The van der Waals surface area contributed by atoms with Gasteiger partial charge in [0.15, 0.2) is 17.4 Å². The predicted octanol–water partition coefficient (Wildman–Crippen LogP) is 5.43. The number of amides is 1. The number of Topliss-reactive ketones (excluding diaryl/α,β-unsaturated/α-hetero) is 1. The summed E-state index contributed by atoms with van der Waals surface area (Å²) < 4.78 is 6.60. The number of aryl methyl sites for hydroxylation is 4. The number of hydrogen-bond donors (Lipinski definition) is 1. The van der Waals surface area contributed by atoms with Crippen molar-refractivity contribution in [2.75, 3.05) is 11.9 Å². The average Bonchev–Trinajstić information content (AvgIpc) is 3.28. The van der Waals surface area contributed by atoms with Crippen molar-refractivity contribution in [3.05, 3.63) is 82.0 Å². The third kappa shape index (κ3) is 5.43. The largest absolute Gasteiger partial charge is 0.462 e. The van der Waals surface area contributed by atoms with Gasteiger partial charge >= 0.3 is 5.97 Å². The average molecular weight is 499 g/mol. The number of hydrogen-bond acceptors (Lipinski definition) is 6. The van der Waals surface area contributed by atoms with Crippen molar-refractivity contribution in [1.29, 1.82) is 0 Å². The number of aromatic nitrogens is 3. The topological polar surface area (TPSA) is 103 Å². The Kier molecular flexibility index (Phi) is 7.47. The number of ketones is 1. The first kappa shape index (κ1) is 25.8. The minimum absolute atomic E-state index is 0.0315. The van der Waals surface area contributed by atoms with Crippen LogP contribution in [0.3, 0.4) is 0 Å². The number of nitrogens with zero attached hydrogens (tertiary/aromatic N) is 3. The standard InChI is InChI=1S/C29H30N4O4/c1-6-37-29(36)23-16-30-33(25-15-20(5)22-9-7-8-18(3)27(22)31-25)28(23)32-26(35)13-12-24(34)21-11-10-17(2)19(4)14-21/h7-11,14-16H,6,12-13H2,1-5H3,(H,32,35). The zero-order valence-electron chi connectivity index (χ0n) is 21.7. The molecule has 0 aliphatic heterocycles. The van der Waals surface area contributed by atoms with Crippen LogP contribution in [-0.4, -0.2) is 39.0 Å². The van der Waals surface area contributed by atoms with E-state index < -0.39 is 11.9 Å². The van der Waals surface area contributed by atoms with Crippen molar-refractivity contribution in [3.8, 4) is 5.82 Å². The van der Waals surface area contributed by atoms with E-state index in [-0.39, 0.29) is 36.6 Å². The Bertz CT molecular complexity index is 1520. The van der Waals surface area contributed by atoms with Gasteiger partial charge < -0.3 is 10.1 Å². The van der Waals surface area contributed by atoms with Crippen LogP contribution < -0.4 is 5.32 Å². The van der Waals surface area contributed by atoms with Gasteiger partial charge in [0.2, 0.25) is 5.91 Å². The van der Waals surface area contributed by atoms with Crippen molar-refractivity contribution in [2.45, 2.75) is 47.5 Å². The van der Waals surface area contributed by atoms with E-state index in [1.54, 1.807) is 13.0 Å². The molecular formula is C29H30N4O4. The maximum absolute atomic E-state index is 12.9. The Labute approximate surface area is 215 Å². The second-order valence-corrected chi connectivity index (χ2v) is 9.08. The van der Waals surface area contributed by atoms with E-state index in [1.807, 2.05) is 64.1 Å². The van der Waals surface area contributed by atoms with Crippen LogP contribution in [-0.2, 0) is 9.53 Å². The van der Waals surface area contributed by atoms with Gasteiger partial charge in [0, 0.05) is 23.8 Å². The Morgan fingerprint density at radius 3 is 2.43 bits per heavy atom. The Morgan fingerprint density at radius 1 is 0.919 bits per heavy atom. The summed E-state index contributed by atoms with van der Waals surface area (Å²) in [4.78, 5) is 43.0. The molecule has 1 amide bonds. The van der Waals surface area contributed by atoms with Crippen LogP contribution in [0.4, 0.5) is 5.82 Å². The van der Waals surface area contributed by atoms with Gasteiger partial charge in [-0.05, 0) is 69.0 Å². The number of benzene rings is 2. The number of nitrogens with one attached hydrogen (secondary N) is 1. The summed E-state index contributed by atoms with van der Waals surface area (Å²) in [6, 6.07) is 13.3. The van der Waals surface area contributed by atoms with Gasteiger partial charge in [-0.2, -0.15) is 9.78 Å². The summed E-state index contributed by atoms with van der Waals surface area (Å²) in [7, 11) is 0. The minimum atomic E-state index is -0.607. The molecular weight excluding hydrogens is 468 g/mol. The van der Waals surface area contributed by atoms with E-state index in [2.05, 4.69) is 10.4 Å². The number of carbonyl (C=O) groups excluding carboxylic acids is 3. The highest BCUT2D eigenvalue weighted by Crippen LogP contribution is 2.26. The van der Waals surface area contributed by atoms with Crippen molar-refractivity contribution in [1.82, 2.24) is 14.8 Å². The zero-order valence-corrected chi connectivity index (χ0v) is 21.7. The molecule has 1 N–H and O–H groups in total. The number of anilines is 1. The van der Waals surface area contributed by atoms with Gasteiger partial charge in [-0.3, -0.25) is 9.59 Å². The summed E-state index contributed by atoms with van der Waals surface area (Å²) >= 11 is 0. The lowest BCUT2D eigenvalue weighted by molar-refractivity contribution is -0.116. The number of esters is 1. The molecule has 2 aromatic heterocycles. The highest BCUT2D eigenvalue weighted by Gasteiger charge is 2.23. The third-order valence-corrected chi connectivity index (χ3v) is 6.38. The van der Waals surface area contributed by atoms with E-state index in [9.17, 15) is 14.4 Å². The maximum Gasteiger partial charge on any atom is 0.343 e. The number of carbonyl (C=O) groups is 3. The molecule has 2 aromatic carbocycles. The first-order chi connectivity index (χ1) is 17.7. The quantitative estimate of drug-likeness (QED) is 0.257. The molecule has 0 spiro atoms. The van der Waals surface area contributed by atoms with E-state index in [4.69, 9.17) is 9.72 Å². The molecule has 8 nitrogen and oxygen atoms in total. The van der Waals surface area contributed by atoms with Crippen LogP contribution in [0.2, 0.25) is 0 Å². The second kappa shape index (κ2) is 10.7. The molecule has 190 valence electrons. The fraction of sp³-hybridized carbons (Fsp3) is 0.276. The maximum atomic E-state index is 12.9. The molecule has 2 heterocycles. The molecule has 0 aliphatic rings. The lowest BCUT2D eigenvalue weighted by Crippen LogP contribution is -2.19. The molecule has 0 unspecified atom stereocenters. The molecule has 4 aromatic rings. The number of para-hydroxylation sites is 1. The molecule has 37 heavy (non-hydrogen) atoms. The van der Waals surface area contributed by atoms with E-state index in [0.717, 1.165) is 33.2 Å². The summed E-state index contributed by atoms with van der Waals surface area (Å²) in [6.07, 6.45) is 1.33. The Hall–Kier alpha value is -4.33. The monoisotopic (exact) mass is 498 g/mol. The van der Waals surface area contributed by atoms with Gasteiger partial charge in [0.05, 0.1) is 18.3 Å². The van der Waals surface area contributed by atoms with Gasteiger partial charge in [0.1, 0.15) is 5.56 Å². The van der Waals surface area contributed by atoms with Crippen LogP contribution >= 0.6 is 0 Å². The predicted molar refractivity (Wildman–Crippen MR) is 142 cm³/mol. The third-order valence-electron chi connectivity index (χ3n) is 6.38. The molecule has 0 fully saturated rings. The molecule has 0 saturated heterocycles. The highest BCUT2D eigenvalue weighted by atomic mass is 16.5. The fourth-order valence-electron chi connectivity index (χ4n) is 4.13.